The van der Waals surface area contributed by atoms with E-state index in [2.05, 4.69) is 4.98 Å². The number of benzene rings is 1. The minimum absolute atomic E-state index is 0.109. The molecule has 0 spiro atoms. The molecule has 1 aromatic heterocycles. The fraction of sp³-hybridized carbons (Fsp3) is 0.167. The maximum absolute atomic E-state index is 10.8. The number of hydrogen-bond donors (Lipinski definition) is 1. The Balaban J connectivity index is 0.000000531. The van der Waals surface area contributed by atoms with E-state index in [4.69, 9.17) is 5.11 Å². The summed E-state index contributed by atoms with van der Waals surface area (Å²) in [5, 5.41) is 10.4. The first-order valence-corrected chi connectivity index (χ1v) is 4.86. The summed E-state index contributed by atoms with van der Waals surface area (Å²) in [5.41, 5.74) is 0.109. The molecule has 0 saturated carbocycles. The maximum atomic E-state index is 10.8. The van der Waals surface area contributed by atoms with Crippen molar-refractivity contribution in [1.29, 1.82) is 0 Å². The molecule has 0 saturated heterocycles. The normalized spacial score (nSPS) is 9.20. The van der Waals surface area contributed by atoms with Crippen molar-refractivity contribution >= 4 is 16.7 Å². The van der Waals surface area contributed by atoms with Crippen LogP contribution in [0.4, 0.5) is 0 Å². The van der Waals surface area contributed by atoms with Gasteiger partial charge in [-0.25, -0.2) is 9.78 Å². The molecule has 1 N–H and O–H groups in total. The van der Waals surface area contributed by atoms with Crippen LogP contribution in [0, 0.1) is 0 Å². The van der Waals surface area contributed by atoms with E-state index in [9.17, 15) is 4.79 Å². The van der Waals surface area contributed by atoms with E-state index < -0.39 is 5.97 Å². The molecule has 1 aromatic carbocycles. The standard InChI is InChI=1S/C10H7NO2.C2H6/c12-10(13)9-8-4-2-1-3-7(8)5-6-11-9;1-2/h1-6H,(H,12,13);1-2H3. The lowest BCUT2D eigenvalue weighted by molar-refractivity contribution is 0.0693. The van der Waals surface area contributed by atoms with Gasteiger partial charge >= 0.3 is 5.97 Å². The average Bonchev–Trinajstić information content (AvgIpc) is 2.31. The number of rotatable bonds is 1. The van der Waals surface area contributed by atoms with Crippen LogP contribution < -0.4 is 0 Å². The first kappa shape index (κ1) is 11.2. The summed E-state index contributed by atoms with van der Waals surface area (Å²) >= 11 is 0. The second-order valence-corrected chi connectivity index (χ2v) is 2.69. The van der Waals surface area contributed by atoms with Gasteiger partial charge in [-0.05, 0) is 11.5 Å². The van der Waals surface area contributed by atoms with Crippen molar-refractivity contribution in [2.45, 2.75) is 13.8 Å². The van der Waals surface area contributed by atoms with Gasteiger partial charge in [0, 0.05) is 11.6 Å². The van der Waals surface area contributed by atoms with Crippen molar-refractivity contribution in [3.63, 3.8) is 0 Å². The second kappa shape index (κ2) is 5.10. The Bertz CT molecular complexity index is 461. The number of aromatic nitrogens is 1. The number of carbonyl (C=O) groups is 1. The molecule has 0 amide bonds. The highest BCUT2D eigenvalue weighted by Crippen LogP contribution is 2.15. The van der Waals surface area contributed by atoms with Crippen molar-refractivity contribution in [3.05, 3.63) is 42.2 Å². The highest BCUT2D eigenvalue weighted by Gasteiger charge is 2.07. The van der Waals surface area contributed by atoms with Crippen LogP contribution in [-0.4, -0.2) is 16.1 Å². The molecule has 0 fully saturated rings. The molecule has 3 nitrogen and oxygen atoms in total. The van der Waals surface area contributed by atoms with Crippen LogP contribution in [0.5, 0.6) is 0 Å². The predicted molar refractivity (Wildman–Crippen MR) is 60.1 cm³/mol. The van der Waals surface area contributed by atoms with Crippen molar-refractivity contribution in [1.82, 2.24) is 4.98 Å². The van der Waals surface area contributed by atoms with E-state index in [0.717, 1.165) is 5.39 Å². The second-order valence-electron chi connectivity index (χ2n) is 2.69. The van der Waals surface area contributed by atoms with E-state index in [1.54, 1.807) is 18.2 Å². The molecule has 0 unspecified atom stereocenters. The highest BCUT2D eigenvalue weighted by atomic mass is 16.4. The van der Waals surface area contributed by atoms with Gasteiger partial charge < -0.3 is 5.11 Å². The molecule has 78 valence electrons. The lowest BCUT2D eigenvalue weighted by Crippen LogP contribution is -2.00. The summed E-state index contributed by atoms with van der Waals surface area (Å²) in [6.45, 7) is 4.00. The smallest absolute Gasteiger partial charge is 0.355 e. The summed E-state index contributed by atoms with van der Waals surface area (Å²) in [6.07, 6.45) is 1.51. The number of fused-ring (bicyclic) bond motifs is 1. The van der Waals surface area contributed by atoms with E-state index >= 15 is 0 Å². The maximum Gasteiger partial charge on any atom is 0.355 e. The molecule has 15 heavy (non-hydrogen) atoms. The van der Waals surface area contributed by atoms with Crippen LogP contribution in [0.2, 0.25) is 0 Å². The third-order valence-electron chi connectivity index (χ3n) is 1.88. The number of pyridine rings is 1. The first-order valence-electron chi connectivity index (χ1n) is 4.86. The van der Waals surface area contributed by atoms with Crippen molar-refractivity contribution in [2.75, 3.05) is 0 Å². The molecule has 1 heterocycles. The zero-order valence-electron chi connectivity index (χ0n) is 8.77. The fourth-order valence-corrected chi connectivity index (χ4v) is 1.29. The first-order chi connectivity index (χ1) is 7.29. The van der Waals surface area contributed by atoms with Gasteiger partial charge in [-0.2, -0.15) is 0 Å². The predicted octanol–water partition coefficient (Wildman–Crippen LogP) is 2.96. The van der Waals surface area contributed by atoms with Gasteiger partial charge in [0.25, 0.3) is 0 Å². The zero-order chi connectivity index (χ0) is 11.3. The summed E-state index contributed by atoms with van der Waals surface area (Å²) in [4.78, 5) is 14.6. The Labute approximate surface area is 88.4 Å². The van der Waals surface area contributed by atoms with E-state index in [1.165, 1.54) is 6.20 Å². The summed E-state index contributed by atoms with van der Waals surface area (Å²) in [5.74, 6) is -0.989. The minimum Gasteiger partial charge on any atom is -0.476 e. The number of hydrogen-bond acceptors (Lipinski definition) is 2. The molecule has 0 bridgehead atoms. The third kappa shape index (κ3) is 2.31. The minimum atomic E-state index is -0.989. The van der Waals surface area contributed by atoms with Crippen LogP contribution in [0.25, 0.3) is 10.8 Å². The SMILES string of the molecule is CC.O=C(O)c1nccc2ccccc12. The number of aromatic carboxylic acids is 1. The Morgan fingerprint density at radius 3 is 2.53 bits per heavy atom. The lowest BCUT2D eigenvalue weighted by Gasteiger charge is -1.99. The summed E-state index contributed by atoms with van der Waals surface area (Å²) in [6, 6.07) is 9.08. The quantitative estimate of drug-likeness (QED) is 0.775. The molecule has 0 aliphatic rings. The number of nitrogens with zero attached hydrogens (tertiary/aromatic N) is 1. The van der Waals surface area contributed by atoms with Crippen LogP contribution in [0.3, 0.4) is 0 Å². The molecule has 2 rings (SSSR count). The highest BCUT2D eigenvalue weighted by molar-refractivity contribution is 6.01. The molecule has 0 atom stereocenters. The Kier molecular flexibility index (Phi) is 3.80. The molecule has 3 heteroatoms. The van der Waals surface area contributed by atoms with E-state index in [0.29, 0.717) is 5.39 Å². The Morgan fingerprint density at radius 2 is 1.87 bits per heavy atom. The van der Waals surface area contributed by atoms with E-state index in [1.807, 2.05) is 26.0 Å². The monoisotopic (exact) mass is 203 g/mol. The molecule has 0 aliphatic carbocycles. The van der Waals surface area contributed by atoms with Crippen LogP contribution in [0.1, 0.15) is 24.3 Å². The third-order valence-corrected chi connectivity index (χ3v) is 1.88. The van der Waals surface area contributed by atoms with Gasteiger partial charge in [-0.15, -0.1) is 0 Å². The summed E-state index contributed by atoms with van der Waals surface area (Å²) < 4.78 is 0. The van der Waals surface area contributed by atoms with Gasteiger partial charge in [-0.1, -0.05) is 38.1 Å². The molecule has 0 radical (unpaired) electrons. The van der Waals surface area contributed by atoms with Gasteiger partial charge in [-0.3, -0.25) is 0 Å². The molecule has 2 aromatic rings. The summed E-state index contributed by atoms with van der Waals surface area (Å²) in [7, 11) is 0. The van der Waals surface area contributed by atoms with Crippen LogP contribution in [-0.2, 0) is 0 Å². The number of carboxylic acid groups (broad SMARTS) is 1. The molecule has 0 aliphatic heterocycles. The Morgan fingerprint density at radius 1 is 1.20 bits per heavy atom. The number of carboxylic acids is 1. The topological polar surface area (TPSA) is 50.2 Å². The molecular formula is C12H13NO2. The van der Waals surface area contributed by atoms with E-state index in [-0.39, 0.29) is 5.69 Å². The van der Waals surface area contributed by atoms with Crippen LogP contribution >= 0.6 is 0 Å². The van der Waals surface area contributed by atoms with Crippen molar-refractivity contribution in [2.24, 2.45) is 0 Å². The van der Waals surface area contributed by atoms with Crippen LogP contribution in [0.15, 0.2) is 36.5 Å². The van der Waals surface area contributed by atoms with Gasteiger partial charge in [0.05, 0.1) is 0 Å². The average molecular weight is 203 g/mol. The Hall–Kier alpha value is -1.90. The largest absolute Gasteiger partial charge is 0.476 e. The van der Waals surface area contributed by atoms with Gasteiger partial charge in [0.1, 0.15) is 0 Å². The van der Waals surface area contributed by atoms with Crippen molar-refractivity contribution in [3.8, 4) is 0 Å². The molecular weight excluding hydrogens is 190 g/mol. The lowest BCUT2D eigenvalue weighted by atomic mass is 10.1. The fourth-order valence-electron chi connectivity index (χ4n) is 1.29. The zero-order valence-corrected chi connectivity index (χ0v) is 8.77. The van der Waals surface area contributed by atoms with Crippen molar-refractivity contribution < 1.29 is 9.90 Å². The van der Waals surface area contributed by atoms with Gasteiger partial charge in [0.15, 0.2) is 5.69 Å². The van der Waals surface area contributed by atoms with Gasteiger partial charge in [0.2, 0.25) is 0 Å².